The highest BCUT2D eigenvalue weighted by molar-refractivity contribution is 6.23. The molecule has 31 heavy (non-hydrogen) atoms. The van der Waals surface area contributed by atoms with E-state index >= 15 is 0 Å². The van der Waals surface area contributed by atoms with E-state index in [1.807, 2.05) is 6.92 Å². The monoisotopic (exact) mass is 419 g/mol. The molecule has 1 fully saturated rings. The fourth-order valence-corrected chi connectivity index (χ4v) is 3.83. The van der Waals surface area contributed by atoms with Gasteiger partial charge >= 0.3 is 0 Å². The van der Waals surface area contributed by atoms with Gasteiger partial charge in [0.15, 0.2) is 0 Å². The van der Waals surface area contributed by atoms with Crippen LogP contribution in [0.4, 0.5) is 0 Å². The lowest BCUT2D eigenvalue weighted by atomic mass is 10.0. The molecule has 1 saturated heterocycles. The van der Waals surface area contributed by atoms with E-state index in [-0.39, 0.29) is 24.0 Å². The normalized spacial score (nSPS) is 18.5. The van der Waals surface area contributed by atoms with Gasteiger partial charge in [-0.05, 0) is 31.0 Å². The second kappa shape index (κ2) is 6.97. The predicted molar refractivity (Wildman–Crippen MR) is 105 cm³/mol. The van der Waals surface area contributed by atoms with Crippen LogP contribution in [0, 0.1) is 6.92 Å². The molecule has 4 amide bonds. The number of hydrogen-bond donors (Lipinski definition) is 2. The highest BCUT2D eigenvalue weighted by Gasteiger charge is 2.44. The van der Waals surface area contributed by atoms with Crippen molar-refractivity contribution < 1.29 is 19.2 Å². The van der Waals surface area contributed by atoms with Crippen LogP contribution in [0.2, 0.25) is 0 Å². The molecule has 1 aromatic carbocycles. The first-order valence-electron chi connectivity index (χ1n) is 9.67. The number of benzene rings is 1. The summed E-state index contributed by atoms with van der Waals surface area (Å²) in [5.74, 6) is -2.15. The number of aromatic nitrogens is 5. The molecule has 3 aromatic rings. The third kappa shape index (κ3) is 3.10. The van der Waals surface area contributed by atoms with E-state index < -0.39 is 29.7 Å². The lowest BCUT2D eigenvalue weighted by molar-refractivity contribution is -0.136. The standard InChI is InChI=1S/C20H17N7O4/c1-10-7-21-23-14(10)8-26-9-15(24-25-26)11-2-3-12-13(6-11)20(31)27(19(12)30)16-4-5-17(28)22-18(16)29/h2-3,6-7,9,16H,4-5,8H2,1H3,(H,21,23)(H,22,28,29). The van der Waals surface area contributed by atoms with Crippen LogP contribution in [-0.2, 0) is 16.1 Å². The maximum Gasteiger partial charge on any atom is 0.262 e. The molecule has 0 spiro atoms. The number of fused-ring (bicyclic) bond motifs is 1. The summed E-state index contributed by atoms with van der Waals surface area (Å²) in [5, 5.41) is 17.4. The Hall–Kier alpha value is -4.15. The largest absolute Gasteiger partial charge is 0.295 e. The Morgan fingerprint density at radius 1 is 1.13 bits per heavy atom. The van der Waals surface area contributed by atoms with Crippen LogP contribution in [0.25, 0.3) is 11.3 Å². The van der Waals surface area contributed by atoms with Gasteiger partial charge in [0.1, 0.15) is 11.7 Å². The van der Waals surface area contributed by atoms with E-state index in [0.717, 1.165) is 16.2 Å². The number of aromatic amines is 1. The van der Waals surface area contributed by atoms with Crippen molar-refractivity contribution in [2.75, 3.05) is 0 Å². The molecule has 2 aliphatic rings. The van der Waals surface area contributed by atoms with E-state index in [0.29, 0.717) is 17.8 Å². The zero-order chi connectivity index (χ0) is 21.7. The van der Waals surface area contributed by atoms with E-state index in [2.05, 4.69) is 25.8 Å². The molecule has 0 saturated carbocycles. The van der Waals surface area contributed by atoms with Gasteiger partial charge in [0.05, 0.1) is 35.8 Å². The number of piperidine rings is 1. The molecular formula is C20H17N7O4. The molecular weight excluding hydrogens is 402 g/mol. The van der Waals surface area contributed by atoms with Crippen LogP contribution < -0.4 is 5.32 Å². The minimum absolute atomic E-state index is 0.0774. The minimum atomic E-state index is -0.993. The van der Waals surface area contributed by atoms with Crippen LogP contribution in [0.1, 0.15) is 44.8 Å². The van der Waals surface area contributed by atoms with Crippen LogP contribution >= 0.6 is 0 Å². The van der Waals surface area contributed by atoms with Gasteiger partial charge < -0.3 is 0 Å². The fourth-order valence-electron chi connectivity index (χ4n) is 3.83. The second-order valence-corrected chi connectivity index (χ2v) is 7.54. The first-order valence-corrected chi connectivity index (χ1v) is 9.67. The fraction of sp³-hybridized carbons (Fsp3) is 0.250. The Kier molecular flexibility index (Phi) is 4.24. The maximum atomic E-state index is 13.0. The third-order valence-corrected chi connectivity index (χ3v) is 5.53. The van der Waals surface area contributed by atoms with Gasteiger partial charge in [0.2, 0.25) is 11.8 Å². The van der Waals surface area contributed by atoms with Crippen molar-refractivity contribution in [2.45, 2.75) is 32.4 Å². The van der Waals surface area contributed by atoms with Gasteiger partial charge in [-0.2, -0.15) is 5.10 Å². The first-order chi connectivity index (χ1) is 14.9. The number of hydrogen-bond acceptors (Lipinski definition) is 7. The topological polar surface area (TPSA) is 143 Å². The molecule has 5 rings (SSSR count). The van der Waals surface area contributed by atoms with Gasteiger partial charge in [0, 0.05) is 12.0 Å². The van der Waals surface area contributed by atoms with Gasteiger partial charge in [-0.25, -0.2) is 4.68 Å². The van der Waals surface area contributed by atoms with Crippen molar-refractivity contribution in [2.24, 2.45) is 0 Å². The molecule has 4 heterocycles. The molecule has 0 aliphatic carbocycles. The van der Waals surface area contributed by atoms with E-state index in [4.69, 9.17) is 0 Å². The molecule has 1 unspecified atom stereocenters. The van der Waals surface area contributed by atoms with Crippen LogP contribution in [0.15, 0.2) is 30.6 Å². The number of aryl methyl sites for hydroxylation is 1. The molecule has 1 atom stereocenters. The van der Waals surface area contributed by atoms with Crippen LogP contribution in [0.3, 0.4) is 0 Å². The number of nitrogens with one attached hydrogen (secondary N) is 2. The number of carbonyl (C=O) groups is 4. The van der Waals surface area contributed by atoms with Gasteiger partial charge in [-0.15, -0.1) is 5.10 Å². The van der Waals surface area contributed by atoms with Crippen molar-refractivity contribution in [3.63, 3.8) is 0 Å². The Morgan fingerprint density at radius 2 is 1.94 bits per heavy atom. The number of amides is 4. The Bertz CT molecular complexity index is 1260. The smallest absolute Gasteiger partial charge is 0.262 e. The van der Waals surface area contributed by atoms with E-state index in [9.17, 15) is 19.2 Å². The minimum Gasteiger partial charge on any atom is -0.295 e. The summed E-state index contributed by atoms with van der Waals surface area (Å²) in [7, 11) is 0. The van der Waals surface area contributed by atoms with Gasteiger partial charge in [-0.1, -0.05) is 11.3 Å². The molecule has 2 aromatic heterocycles. The van der Waals surface area contributed by atoms with Crippen molar-refractivity contribution in [1.82, 2.24) is 35.4 Å². The summed E-state index contributed by atoms with van der Waals surface area (Å²) in [6.45, 7) is 2.40. The summed E-state index contributed by atoms with van der Waals surface area (Å²) < 4.78 is 1.64. The second-order valence-electron chi connectivity index (χ2n) is 7.54. The number of imide groups is 2. The van der Waals surface area contributed by atoms with Crippen molar-refractivity contribution >= 4 is 23.6 Å². The Labute approximate surface area is 175 Å². The maximum absolute atomic E-state index is 13.0. The average Bonchev–Trinajstić information content (AvgIpc) is 3.43. The van der Waals surface area contributed by atoms with Gasteiger partial charge in [0.25, 0.3) is 11.8 Å². The first kappa shape index (κ1) is 18.9. The van der Waals surface area contributed by atoms with Crippen molar-refractivity contribution in [1.29, 1.82) is 0 Å². The van der Waals surface area contributed by atoms with Crippen molar-refractivity contribution in [3.05, 3.63) is 53.0 Å². The molecule has 0 radical (unpaired) electrons. The summed E-state index contributed by atoms with van der Waals surface area (Å²) >= 11 is 0. The van der Waals surface area contributed by atoms with E-state index in [1.165, 1.54) is 0 Å². The molecule has 156 valence electrons. The third-order valence-electron chi connectivity index (χ3n) is 5.53. The SMILES string of the molecule is Cc1cn[nH]c1Cn1cc(-c2ccc3c(c2)C(=O)N(C2CCC(=O)NC2=O)C3=O)nn1. The molecule has 11 nitrogen and oxygen atoms in total. The lowest BCUT2D eigenvalue weighted by Crippen LogP contribution is -2.54. The highest BCUT2D eigenvalue weighted by atomic mass is 16.2. The average molecular weight is 419 g/mol. The van der Waals surface area contributed by atoms with Crippen LogP contribution in [-0.4, -0.2) is 59.8 Å². The quantitative estimate of drug-likeness (QED) is 0.584. The summed E-state index contributed by atoms with van der Waals surface area (Å²) in [6.07, 6.45) is 3.66. The molecule has 2 aliphatic heterocycles. The van der Waals surface area contributed by atoms with Crippen LogP contribution in [0.5, 0.6) is 0 Å². The summed E-state index contributed by atoms with van der Waals surface area (Å²) in [5.41, 5.74) is 3.50. The van der Waals surface area contributed by atoms with Crippen molar-refractivity contribution in [3.8, 4) is 11.3 Å². The Balaban J connectivity index is 1.41. The number of nitrogens with zero attached hydrogens (tertiary/aromatic N) is 5. The zero-order valence-corrected chi connectivity index (χ0v) is 16.5. The molecule has 0 bridgehead atoms. The number of rotatable bonds is 4. The zero-order valence-electron chi connectivity index (χ0n) is 16.5. The molecule has 2 N–H and O–H groups in total. The Morgan fingerprint density at radius 3 is 2.68 bits per heavy atom. The highest BCUT2D eigenvalue weighted by Crippen LogP contribution is 2.30. The number of H-pyrrole nitrogens is 1. The molecule has 11 heteroatoms. The lowest BCUT2D eigenvalue weighted by Gasteiger charge is -2.27. The summed E-state index contributed by atoms with van der Waals surface area (Å²) in [6, 6.07) is 3.83. The summed E-state index contributed by atoms with van der Waals surface area (Å²) in [4.78, 5) is 50.3. The van der Waals surface area contributed by atoms with E-state index in [1.54, 1.807) is 35.3 Å². The van der Waals surface area contributed by atoms with Gasteiger partial charge in [-0.3, -0.25) is 34.5 Å². The number of carbonyl (C=O) groups excluding carboxylic acids is 4. The predicted octanol–water partition coefficient (Wildman–Crippen LogP) is 0.426.